The third kappa shape index (κ3) is 8.14. The number of aromatic amines is 1. The van der Waals surface area contributed by atoms with Crippen molar-refractivity contribution in [1.29, 1.82) is 0 Å². The van der Waals surface area contributed by atoms with Crippen molar-refractivity contribution in [2.24, 2.45) is 16.8 Å². The van der Waals surface area contributed by atoms with Crippen LogP contribution in [0.25, 0.3) is 33.5 Å². The molecule has 298 valence electrons. The van der Waals surface area contributed by atoms with E-state index in [1.165, 1.54) is 14.2 Å². The lowest BCUT2D eigenvalue weighted by Gasteiger charge is -2.43. The minimum atomic E-state index is -0.683. The Kier molecular flexibility index (Phi) is 11.5. The molecule has 3 N–H and O–H groups in total. The molecular weight excluding hydrogens is 723 g/mol. The molecule has 13 nitrogen and oxygen atoms in total. The van der Waals surface area contributed by atoms with Gasteiger partial charge in [0, 0.05) is 25.2 Å². The topological polar surface area (TPSA) is 158 Å². The lowest BCUT2D eigenvalue weighted by molar-refractivity contribution is -0.140. The Balaban J connectivity index is 0.979. The normalized spacial score (nSPS) is 18.4. The van der Waals surface area contributed by atoms with Crippen LogP contribution in [0.3, 0.4) is 0 Å². The zero-order valence-corrected chi connectivity index (χ0v) is 33.4. The number of nitrogens with one attached hydrogen (secondary N) is 3. The van der Waals surface area contributed by atoms with E-state index in [2.05, 4.69) is 87.3 Å². The first-order valence-corrected chi connectivity index (χ1v) is 19.7. The SMILES string of the molecule is COC(=O)N[C@H](C(=O)N1CC[C@H]1C1=Nc2ccc(-c3ccc(-c4ccc(-c5cnc([C@@H]6CCCN6C(=O)[C@@H](NC(=O)OC)C(C)C)[nH]5)cc4)cc3)cc2C1)C(C)C. The number of fused-ring (bicyclic) bond motifs is 1. The molecule has 4 amide bonds. The first-order valence-electron chi connectivity index (χ1n) is 19.7. The maximum atomic E-state index is 13.5. The van der Waals surface area contributed by atoms with Crippen molar-refractivity contribution in [3.63, 3.8) is 0 Å². The number of hydrogen-bond donors (Lipinski definition) is 3. The smallest absolute Gasteiger partial charge is 0.407 e. The summed E-state index contributed by atoms with van der Waals surface area (Å²) in [5.74, 6) is 0.309. The molecule has 4 heterocycles. The highest BCUT2D eigenvalue weighted by atomic mass is 16.5. The van der Waals surface area contributed by atoms with E-state index in [0.717, 1.165) is 75.6 Å². The maximum absolute atomic E-state index is 13.5. The molecule has 4 atom stereocenters. The number of carbonyl (C=O) groups excluding carboxylic acids is 4. The van der Waals surface area contributed by atoms with E-state index >= 15 is 0 Å². The lowest BCUT2D eigenvalue weighted by atomic mass is 9.91. The summed E-state index contributed by atoms with van der Waals surface area (Å²) < 4.78 is 9.51. The molecule has 0 aliphatic carbocycles. The van der Waals surface area contributed by atoms with Gasteiger partial charge in [0.2, 0.25) is 11.8 Å². The molecule has 0 radical (unpaired) electrons. The minimum absolute atomic E-state index is 0.0794. The third-order valence-electron chi connectivity index (χ3n) is 11.4. The summed E-state index contributed by atoms with van der Waals surface area (Å²) >= 11 is 0. The van der Waals surface area contributed by atoms with E-state index in [-0.39, 0.29) is 35.7 Å². The van der Waals surface area contributed by atoms with Crippen molar-refractivity contribution in [3.8, 4) is 33.5 Å². The summed E-state index contributed by atoms with van der Waals surface area (Å²) in [6, 6.07) is 21.6. The Labute approximate surface area is 333 Å². The van der Waals surface area contributed by atoms with Gasteiger partial charge in [-0.2, -0.15) is 0 Å². The summed E-state index contributed by atoms with van der Waals surface area (Å²) in [7, 11) is 2.59. The predicted molar refractivity (Wildman–Crippen MR) is 218 cm³/mol. The van der Waals surface area contributed by atoms with Crippen LogP contribution in [0.4, 0.5) is 15.3 Å². The largest absolute Gasteiger partial charge is 0.453 e. The molecule has 3 aliphatic rings. The van der Waals surface area contributed by atoms with Crippen LogP contribution >= 0.6 is 0 Å². The third-order valence-corrected chi connectivity index (χ3v) is 11.4. The van der Waals surface area contributed by atoms with Gasteiger partial charge in [0.05, 0.1) is 43.9 Å². The lowest BCUT2D eigenvalue weighted by Crippen LogP contribution is -2.61. The number of H-pyrrole nitrogens is 1. The van der Waals surface area contributed by atoms with Crippen LogP contribution in [0, 0.1) is 11.8 Å². The standard InChI is InChI=1S/C44H51N7O6/c1-25(2)38(48-43(54)56-5)41(52)50-20-7-8-37(50)40-45-24-35(47-40)30-15-13-28(14-16-30)27-9-11-29(12-10-27)31-17-18-33-32(22-31)23-34(46-33)36-19-21-51(36)42(53)39(26(3)4)49-44(55)57-6/h9-18,22,24-26,36-39H,7-8,19-21,23H2,1-6H3,(H,45,47)(H,48,54)(H,49,55)/t36-,37-,38-,39-/m0/s1. The van der Waals surface area contributed by atoms with E-state index in [0.29, 0.717) is 19.5 Å². The van der Waals surface area contributed by atoms with Gasteiger partial charge >= 0.3 is 12.2 Å². The van der Waals surface area contributed by atoms with Gasteiger partial charge in [-0.15, -0.1) is 0 Å². The molecule has 2 saturated heterocycles. The molecule has 0 bridgehead atoms. The maximum Gasteiger partial charge on any atom is 0.407 e. The Bertz CT molecular complexity index is 2160. The van der Waals surface area contributed by atoms with E-state index in [1.54, 1.807) is 0 Å². The first kappa shape index (κ1) is 39.3. The van der Waals surface area contributed by atoms with Crippen molar-refractivity contribution >= 4 is 35.4 Å². The van der Waals surface area contributed by atoms with E-state index < -0.39 is 24.3 Å². The van der Waals surface area contributed by atoms with Gasteiger partial charge in [-0.05, 0) is 76.6 Å². The van der Waals surface area contributed by atoms with Gasteiger partial charge < -0.3 is 34.9 Å². The van der Waals surface area contributed by atoms with Crippen LogP contribution in [-0.2, 0) is 25.5 Å². The Hall–Kier alpha value is -5.98. The average molecular weight is 774 g/mol. The van der Waals surface area contributed by atoms with Crippen molar-refractivity contribution in [1.82, 2.24) is 30.4 Å². The van der Waals surface area contributed by atoms with Crippen LogP contribution in [-0.4, -0.2) is 94.9 Å². The number of imidazole rings is 1. The molecule has 7 rings (SSSR count). The number of carbonyl (C=O) groups is 4. The van der Waals surface area contributed by atoms with Crippen LogP contribution in [0.15, 0.2) is 77.9 Å². The van der Waals surface area contributed by atoms with Crippen LogP contribution in [0.1, 0.15) is 64.4 Å². The molecule has 57 heavy (non-hydrogen) atoms. The Morgan fingerprint density at radius 1 is 0.702 bits per heavy atom. The number of rotatable bonds is 11. The van der Waals surface area contributed by atoms with Crippen LogP contribution in [0.5, 0.6) is 0 Å². The number of hydrogen-bond acceptors (Lipinski definition) is 8. The summed E-state index contributed by atoms with van der Waals surface area (Å²) in [6.07, 6.45) is 3.75. The summed E-state index contributed by atoms with van der Waals surface area (Å²) in [6.45, 7) is 8.86. The number of nitrogens with zero attached hydrogens (tertiary/aromatic N) is 4. The van der Waals surface area contributed by atoms with Crippen LogP contribution < -0.4 is 10.6 Å². The van der Waals surface area contributed by atoms with Crippen molar-refractivity contribution in [3.05, 3.63) is 84.3 Å². The number of ether oxygens (including phenoxy) is 2. The van der Waals surface area contributed by atoms with Crippen molar-refractivity contribution in [2.75, 3.05) is 27.3 Å². The van der Waals surface area contributed by atoms with Crippen molar-refractivity contribution < 1.29 is 28.7 Å². The molecule has 13 heteroatoms. The fraction of sp³-hybridized carbons (Fsp3) is 0.409. The zero-order chi connectivity index (χ0) is 40.4. The van der Waals surface area contributed by atoms with Crippen LogP contribution in [0.2, 0.25) is 0 Å². The average Bonchev–Trinajstić information content (AvgIpc) is 3.98. The summed E-state index contributed by atoms with van der Waals surface area (Å²) in [4.78, 5) is 67.5. The molecule has 2 fully saturated rings. The first-order chi connectivity index (χ1) is 27.4. The molecule has 1 aromatic heterocycles. The van der Waals surface area contributed by atoms with Gasteiger partial charge in [-0.25, -0.2) is 14.6 Å². The highest BCUT2D eigenvalue weighted by Crippen LogP contribution is 2.37. The Morgan fingerprint density at radius 2 is 1.23 bits per heavy atom. The fourth-order valence-corrected chi connectivity index (χ4v) is 8.02. The molecule has 3 aliphatic heterocycles. The number of likely N-dealkylation sites (tertiary alicyclic amines) is 2. The number of benzene rings is 3. The predicted octanol–water partition coefficient (Wildman–Crippen LogP) is 7.06. The molecule has 4 aromatic rings. The number of aromatic nitrogens is 2. The Morgan fingerprint density at radius 3 is 1.75 bits per heavy atom. The number of methoxy groups -OCH3 is 2. The summed E-state index contributed by atoms with van der Waals surface area (Å²) in [5.41, 5.74) is 9.30. The number of aliphatic imine (C=N–C) groups is 1. The molecule has 0 unspecified atom stereocenters. The van der Waals surface area contributed by atoms with Crippen molar-refractivity contribution in [2.45, 2.75) is 77.5 Å². The van der Waals surface area contributed by atoms with Gasteiger partial charge in [-0.3, -0.25) is 14.6 Å². The molecule has 3 aromatic carbocycles. The molecule has 0 saturated carbocycles. The molecule has 0 spiro atoms. The zero-order valence-electron chi connectivity index (χ0n) is 33.4. The second kappa shape index (κ2) is 16.6. The molecular formula is C44H51N7O6. The van der Waals surface area contributed by atoms with Gasteiger partial charge in [0.1, 0.15) is 17.9 Å². The van der Waals surface area contributed by atoms with E-state index in [1.807, 2.05) is 43.7 Å². The highest BCUT2D eigenvalue weighted by molar-refractivity contribution is 6.02. The monoisotopic (exact) mass is 773 g/mol. The second-order valence-electron chi connectivity index (χ2n) is 15.7. The van der Waals surface area contributed by atoms with E-state index in [9.17, 15) is 19.2 Å². The second-order valence-corrected chi connectivity index (χ2v) is 15.7. The van der Waals surface area contributed by atoms with E-state index in [4.69, 9.17) is 14.5 Å². The van der Waals surface area contributed by atoms with Gasteiger partial charge in [0.25, 0.3) is 0 Å². The number of amides is 4. The highest BCUT2D eigenvalue weighted by Gasteiger charge is 2.41. The quantitative estimate of drug-likeness (QED) is 0.147. The summed E-state index contributed by atoms with van der Waals surface area (Å²) in [5, 5.41) is 5.40. The van der Waals surface area contributed by atoms with Gasteiger partial charge in [0.15, 0.2) is 0 Å². The minimum Gasteiger partial charge on any atom is -0.453 e. The van der Waals surface area contributed by atoms with Gasteiger partial charge in [-0.1, -0.05) is 82.3 Å². The number of alkyl carbamates (subject to hydrolysis) is 2. The fourth-order valence-electron chi connectivity index (χ4n) is 8.02.